The predicted molar refractivity (Wildman–Crippen MR) is 71.1 cm³/mol. The summed E-state index contributed by atoms with van der Waals surface area (Å²) >= 11 is 0. The Labute approximate surface area is 118 Å². The van der Waals surface area contributed by atoms with Gasteiger partial charge in [0.05, 0.1) is 6.26 Å². The number of sulfonamides is 1. The van der Waals surface area contributed by atoms with Crippen molar-refractivity contribution in [2.24, 2.45) is 0 Å². The molecule has 0 rings (SSSR count). The zero-order valence-corrected chi connectivity index (χ0v) is 12.7. The Morgan fingerprint density at radius 2 is 1.80 bits per heavy atom. The molecule has 0 aromatic heterocycles. The molecule has 122 valence electrons. The second-order valence-electron chi connectivity index (χ2n) is 4.38. The van der Waals surface area contributed by atoms with E-state index in [4.69, 9.17) is 0 Å². The lowest BCUT2D eigenvalue weighted by molar-refractivity contribution is -0.173. The molecule has 0 saturated carbocycles. The van der Waals surface area contributed by atoms with Gasteiger partial charge in [-0.3, -0.25) is 0 Å². The van der Waals surface area contributed by atoms with Gasteiger partial charge in [0.2, 0.25) is 10.0 Å². The summed E-state index contributed by atoms with van der Waals surface area (Å²) in [6, 6.07) is 0. The van der Waals surface area contributed by atoms with E-state index in [9.17, 15) is 21.6 Å². The van der Waals surface area contributed by atoms with E-state index in [1.165, 1.54) is 10.6 Å². The fraction of sp³-hybridized carbons (Fsp3) is 1.00. The molecule has 0 amide bonds. The maximum atomic E-state index is 11.7. The Hall–Kier alpha value is -0.380. The molecule has 1 N–H and O–H groups in total. The van der Waals surface area contributed by atoms with Gasteiger partial charge in [-0.1, -0.05) is 6.92 Å². The molecule has 0 aromatic rings. The highest BCUT2D eigenvalue weighted by Gasteiger charge is 2.27. The van der Waals surface area contributed by atoms with E-state index >= 15 is 0 Å². The van der Waals surface area contributed by atoms with Gasteiger partial charge in [0.15, 0.2) is 0 Å². The summed E-state index contributed by atoms with van der Waals surface area (Å²) in [4.78, 5) is 0. The molecule has 0 spiro atoms. The van der Waals surface area contributed by atoms with Crippen LogP contribution in [0.1, 0.15) is 19.8 Å². The van der Waals surface area contributed by atoms with Gasteiger partial charge in [0.25, 0.3) is 0 Å². The first-order valence-corrected chi connectivity index (χ1v) is 8.32. The molecule has 0 aliphatic heterocycles. The van der Waals surface area contributed by atoms with E-state index in [0.717, 1.165) is 0 Å². The highest BCUT2D eigenvalue weighted by Crippen LogP contribution is 2.14. The number of hydrogen-bond acceptors (Lipinski definition) is 4. The van der Waals surface area contributed by atoms with Crippen molar-refractivity contribution >= 4 is 10.0 Å². The molecule has 0 bridgehead atoms. The number of nitrogens with one attached hydrogen (secondary N) is 1. The van der Waals surface area contributed by atoms with Gasteiger partial charge in [-0.15, -0.1) is 0 Å². The molecule has 0 aromatic carbocycles. The van der Waals surface area contributed by atoms with Crippen LogP contribution in [0.15, 0.2) is 0 Å². The van der Waals surface area contributed by atoms with Gasteiger partial charge in [0.1, 0.15) is 6.61 Å². The summed E-state index contributed by atoms with van der Waals surface area (Å²) in [7, 11) is -3.15. The van der Waals surface area contributed by atoms with Crippen molar-refractivity contribution in [1.82, 2.24) is 9.62 Å². The minimum atomic E-state index is -4.28. The molecule has 5 nitrogen and oxygen atoms in total. The molecular weight excluding hydrogens is 297 g/mol. The molecule has 0 atom stereocenters. The molecule has 0 aliphatic rings. The molecule has 0 fully saturated rings. The zero-order chi connectivity index (χ0) is 15.6. The van der Waals surface area contributed by atoms with Crippen LogP contribution in [-0.2, 0) is 14.8 Å². The fourth-order valence-corrected chi connectivity index (χ4v) is 2.48. The van der Waals surface area contributed by atoms with Gasteiger partial charge < -0.3 is 10.1 Å². The molecule has 0 heterocycles. The lowest BCUT2D eigenvalue weighted by Crippen LogP contribution is -2.32. The Balaban J connectivity index is 3.45. The lowest BCUT2D eigenvalue weighted by Gasteiger charge is -2.17. The summed E-state index contributed by atoms with van der Waals surface area (Å²) in [5.41, 5.74) is 0. The van der Waals surface area contributed by atoms with Crippen molar-refractivity contribution in [1.29, 1.82) is 0 Å². The molecule has 0 saturated heterocycles. The van der Waals surface area contributed by atoms with Crippen molar-refractivity contribution < 1.29 is 26.3 Å². The maximum Gasteiger partial charge on any atom is 0.411 e. The third-order valence-electron chi connectivity index (χ3n) is 2.49. The highest BCUT2D eigenvalue weighted by atomic mass is 32.2. The topological polar surface area (TPSA) is 58.6 Å². The zero-order valence-electron chi connectivity index (χ0n) is 11.9. The number of halogens is 3. The minimum absolute atomic E-state index is 0.0525. The molecule has 0 radical (unpaired) electrons. The third kappa shape index (κ3) is 11.4. The second kappa shape index (κ2) is 9.54. The van der Waals surface area contributed by atoms with E-state index in [0.29, 0.717) is 39.0 Å². The van der Waals surface area contributed by atoms with Gasteiger partial charge >= 0.3 is 6.18 Å². The standard InChI is InChI=1S/C11H23F3N2O3S/c1-3-16(20(2,17)18)8-4-6-15-7-5-9-19-10-11(12,13)14/h15H,3-10H2,1-2H3. The SMILES string of the molecule is CCN(CCCNCCCOCC(F)(F)F)S(C)(=O)=O. The van der Waals surface area contributed by atoms with Gasteiger partial charge in [-0.2, -0.15) is 13.2 Å². The fourth-order valence-electron chi connectivity index (χ4n) is 1.55. The Morgan fingerprint density at radius 3 is 2.30 bits per heavy atom. The van der Waals surface area contributed by atoms with Crippen molar-refractivity contribution in [3.63, 3.8) is 0 Å². The molecule has 0 unspecified atom stereocenters. The number of rotatable bonds is 11. The summed E-state index contributed by atoms with van der Waals surface area (Å²) in [6.45, 7) is 2.64. The number of hydrogen-bond donors (Lipinski definition) is 1. The monoisotopic (exact) mass is 320 g/mol. The van der Waals surface area contributed by atoms with E-state index in [1.54, 1.807) is 6.92 Å². The first kappa shape index (κ1) is 19.6. The molecule has 0 aliphatic carbocycles. The highest BCUT2D eigenvalue weighted by molar-refractivity contribution is 7.88. The first-order chi connectivity index (χ1) is 9.17. The van der Waals surface area contributed by atoms with Crippen LogP contribution in [0.5, 0.6) is 0 Å². The summed E-state index contributed by atoms with van der Waals surface area (Å²) < 4.78 is 63.6. The summed E-state index contributed by atoms with van der Waals surface area (Å²) in [5.74, 6) is 0. The van der Waals surface area contributed by atoms with Crippen molar-refractivity contribution in [3.8, 4) is 0 Å². The van der Waals surface area contributed by atoms with Gasteiger partial charge in [-0.25, -0.2) is 12.7 Å². The molecule has 20 heavy (non-hydrogen) atoms. The summed E-state index contributed by atoms with van der Waals surface area (Å²) in [5, 5.41) is 3.03. The largest absolute Gasteiger partial charge is 0.411 e. The maximum absolute atomic E-state index is 11.7. The van der Waals surface area contributed by atoms with E-state index < -0.39 is 22.8 Å². The van der Waals surface area contributed by atoms with Crippen LogP contribution < -0.4 is 5.32 Å². The molecule has 9 heteroatoms. The van der Waals surface area contributed by atoms with Crippen LogP contribution in [0.4, 0.5) is 13.2 Å². The van der Waals surface area contributed by atoms with E-state index in [1.807, 2.05) is 0 Å². The Kier molecular flexibility index (Phi) is 9.36. The normalized spacial score (nSPS) is 13.1. The van der Waals surface area contributed by atoms with Crippen molar-refractivity contribution in [2.45, 2.75) is 25.9 Å². The smallest absolute Gasteiger partial charge is 0.372 e. The van der Waals surface area contributed by atoms with E-state index in [-0.39, 0.29) is 6.61 Å². The van der Waals surface area contributed by atoms with Crippen LogP contribution in [0.2, 0.25) is 0 Å². The Bertz CT molecular complexity index is 347. The van der Waals surface area contributed by atoms with E-state index in [2.05, 4.69) is 10.1 Å². The van der Waals surface area contributed by atoms with Crippen LogP contribution >= 0.6 is 0 Å². The lowest BCUT2D eigenvalue weighted by atomic mass is 10.4. The average molecular weight is 320 g/mol. The number of alkyl halides is 3. The first-order valence-electron chi connectivity index (χ1n) is 6.47. The van der Waals surface area contributed by atoms with Crippen molar-refractivity contribution in [3.05, 3.63) is 0 Å². The molecular formula is C11H23F3N2O3S. The number of ether oxygens (including phenoxy) is 1. The quantitative estimate of drug-likeness (QED) is 0.582. The minimum Gasteiger partial charge on any atom is -0.372 e. The Morgan fingerprint density at radius 1 is 1.20 bits per heavy atom. The third-order valence-corrected chi connectivity index (χ3v) is 3.87. The predicted octanol–water partition coefficient (Wildman–Crippen LogP) is 1.22. The van der Waals surface area contributed by atoms with Gasteiger partial charge in [-0.05, 0) is 25.9 Å². The number of nitrogens with zero attached hydrogens (tertiary/aromatic N) is 1. The van der Waals surface area contributed by atoms with Gasteiger partial charge in [0, 0.05) is 19.7 Å². The summed E-state index contributed by atoms with van der Waals surface area (Å²) in [6.07, 6.45) is -1.96. The second-order valence-corrected chi connectivity index (χ2v) is 6.36. The van der Waals surface area contributed by atoms with Crippen LogP contribution in [0, 0.1) is 0 Å². The van der Waals surface area contributed by atoms with Crippen LogP contribution in [-0.4, -0.2) is 64.5 Å². The van der Waals surface area contributed by atoms with Crippen molar-refractivity contribution in [2.75, 3.05) is 45.6 Å². The van der Waals surface area contributed by atoms with Crippen LogP contribution in [0.25, 0.3) is 0 Å². The average Bonchev–Trinajstić information content (AvgIpc) is 2.28. The van der Waals surface area contributed by atoms with Crippen LogP contribution in [0.3, 0.4) is 0 Å².